The predicted molar refractivity (Wildman–Crippen MR) is 63.0 cm³/mol. The number of hydrogen-bond acceptors (Lipinski definition) is 4. The Bertz CT molecular complexity index is 296. The van der Waals surface area contributed by atoms with Crippen molar-refractivity contribution < 1.29 is 14.7 Å². The molecule has 1 aliphatic heterocycles. The van der Waals surface area contributed by atoms with Crippen LogP contribution in [0.5, 0.6) is 0 Å². The van der Waals surface area contributed by atoms with Crippen LogP contribution in [-0.2, 0) is 9.59 Å². The second-order valence-electron chi connectivity index (χ2n) is 4.51. The van der Waals surface area contributed by atoms with Crippen molar-refractivity contribution in [3.8, 4) is 0 Å². The maximum Gasteiger partial charge on any atom is 0.240 e. The van der Waals surface area contributed by atoms with Crippen molar-refractivity contribution in [2.45, 2.75) is 32.4 Å². The van der Waals surface area contributed by atoms with Crippen LogP contribution in [0.2, 0.25) is 0 Å². The van der Waals surface area contributed by atoms with Gasteiger partial charge in [-0.15, -0.1) is 0 Å². The lowest BCUT2D eigenvalue weighted by atomic mass is 10.1. The van der Waals surface area contributed by atoms with Crippen molar-refractivity contribution in [1.82, 2.24) is 10.2 Å². The standard InChI is InChI=1S/C11H21N3O3/c1-3-13-5-7(2)11(17)14-6-8(15)4-9(14)10(12)16/h7-9,13,15H,3-6H2,1-2H3,(H2,12,16). The van der Waals surface area contributed by atoms with Crippen molar-refractivity contribution in [2.75, 3.05) is 19.6 Å². The van der Waals surface area contributed by atoms with Crippen LogP contribution in [-0.4, -0.2) is 53.6 Å². The monoisotopic (exact) mass is 243 g/mol. The van der Waals surface area contributed by atoms with E-state index >= 15 is 0 Å². The molecule has 1 fully saturated rings. The Morgan fingerprint density at radius 3 is 2.76 bits per heavy atom. The molecule has 2 amide bonds. The van der Waals surface area contributed by atoms with Gasteiger partial charge in [0.15, 0.2) is 0 Å². The summed E-state index contributed by atoms with van der Waals surface area (Å²) in [7, 11) is 0. The number of amides is 2. The van der Waals surface area contributed by atoms with E-state index in [4.69, 9.17) is 5.73 Å². The Kier molecular flexibility index (Phi) is 4.89. The molecule has 0 aromatic rings. The second kappa shape index (κ2) is 5.97. The van der Waals surface area contributed by atoms with Gasteiger partial charge in [0.2, 0.25) is 11.8 Å². The fraction of sp³-hybridized carbons (Fsp3) is 0.818. The highest BCUT2D eigenvalue weighted by molar-refractivity contribution is 5.88. The van der Waals surface area contributed by atoms with E-state index in [-0.39, 0.29) is 24.8 Å². The summed E-state index contributed by atoms with van der Waals surface area (Å²) in [5.41, 5.74) is 5.23. The molecule has 0 aromatic carbocycles. The van der Waals surface area contributed by atoms with Gasteiger partial charge in [-0.25, -0.2) is 0 Å². The number of primary amides is 1. The lowest BCUT2D eigenvalue weighted by Crippen LogP contribution is -2.47. The van der Waals surface area contributed by atoms with Gasteiger partial charge in [0.05, 0.1) is 6.10 Å². The Balaban J connectivity index is 2.63. The maximum atomic E-state index is 12.1. The molecule has 1 rings (SSSR count). The minimum Gasteiger partial charge on any atom is -0.391 e. The SMILES string of the molecule is CCNCC(C)C(=O)N1CC(O)CC1C(N)=O. The van der Waals surface area contributed by atoms with Gasteiger partial charge in [0, 0.05) is 25.4 Å². The zero-order valence-corrected chi connectivity index (χ0v) is 10.3. The van der Waals surface area contributed by atoms with Gasteiger partial charge in [0.1, 0.15) is 6.04 Å². The van der Waals surface area contributed by atoms with E-state index in [0.29, 0.717) is 6.54 Å². The van der Waals surface area contributed by atoms with E-state index < -0.39 is 18.1 Å². The Morgan fingerprint density at radius 2 is 2.24 bits per heavy atom. The molecule has 1 heterocycles. The number of carbonyl (C=O) groups excluding carboxylic acids is 2. The number of nitrogens with one attached hydrogen (secondary N) is 1. The zero-order valence-electron chi connectivity index (χ0n) is 10.3. The van der Waals surface area contributed by atoms with Gasteiger partial charge in [-0.1, -0.05) is 13.8 Å². The minimum absolute atomic E-state index is 0.133. The molecule has 3 unspecified atom stereocenters. The summed E-state index contributed by atoms with van der Waals surface area (Å²) in [5.74, 6) is -0.904. The van der Waals surface area contributed by atoms with E-state index in [1.165, 1.54) is 4.90 Å². The average molecular weight is 243 g/mol. The van der Waals surface area contributed by atoms with Gasteiger partial charge in [0.25, 0.3) is 0 Å². The average Bonchev–Trinajstić information content (AvgIpc) is 2.67. The number of β-amino-alcohol motifs (C(OH)–C–C–N with tert-alkyl or cyclic N) is 1. The smallest absolute Gasteiger partial charge is 0.240 e. The molecule has 98 valence electrons. The molecule has 0 radical (unpaired) electrons. The molecule has 17 heavy (non-hydrogen) atoms. The summed E-state index contributed by atoms with van der Waals surface area (Å²) >= 11 is 0. The zero-order chi connectivity index (χ0) is 13.0. The molecule has 1 saturated heterocycles. The Labute approximate surface area is 101 Å². The second-order valence-corrected chi connectivity index (χ2v) is 4.51. The quantitative estimate of drug-likeness (QED) is 0.558. The van der Waals surface area contributed by atoms with E-state index in [9.17, 15) is 14.7 Å². The molecule has 0 bridgehead atoms. The number of hydrogen-bond donors (Lipinski definition) is 3. The predicted octanol–water partition coefficient (Wildman–Crippen LogP) is -1.32. The molecule has 6 nitrogen and oxygen atoms in total. The third kappa shape index (κ3) is 3.41. The van der Waals surface area contributed by atoms with E-state index in [2.05, 4.69) is 5.32 Å². The van der Waals surface area contributed by atoms with Gasteiger partial charge in [-0.2, -0.15) is 0 Å². The van der Waals surface area contributed by atoms with Crippen LogP contribution in [0, 0.1) is 5.92 Å². The third-order valence-corrected chi connectivity index (χ3v) is 3.01. The summed E-state index contributed by atoms with van der Waals surface area (Å²) in [5, 5.41) is 12.6. The maximum absolute atomic E-state index is 12.1. The summed E-state index contributed by atoms with van der Waals surface area (Å²) in [6, 6.07) is -0.665. The fourth-order valence-electron chi connectivity index (χ4n) is 2.06. The molecule has 0 aromatic heterocycles. The first-order chi connectivity index (χ1) is 7.97. The van der Waals surface area contributed by atoms with Crippen LogP contribution in [0.15, 0.2) is 0 Å². The Hall–Kier alpha value is -1.14. The first-order valence-corrected chi connectivity index (χ1v) is 5.96. The number of aliphatic hydroxyl groups is 1. The highest BCUT2D eigenvalue weighted by atomic mass is 16.3. The molecule has 0 saturated carbocycles. The number of nitrogens with zero attached hydrogens (tertiary/aromatic N) is 1. The molecule has 1 aliphatic rings. The summed E-state index contributed by atoms with van der Waals surface area (Å²) in [6.45, 7) is 5.31. The van der Waals surface area contributed by atoms with Crippen LogP contribution in [0.25, 0.3) is 0 Å². The first-order valence-electron chi connectivity index (χ1n) is 5.96. The van der Waals surface area contributed by atoms with Crippen LogP contribution in [0.4, 0.5) is 0 Å². The van der Waals surface area contributed by atoms with Crippen molar-refractivity contribution in [1.29, 1.82) is 0 Å². The fourth-order valence-corrected chi connectivity index (χ4v) is 2.06. The number of aliphatic hydroxyl groups excluding tert-OH is 1. The van der Waals surface area contributed by atoms with Gasteiger partial charge < -0.3 is 21.1 Å². The van der Waals surface area contributed by atoms with E-state index in [1.54, 1.807) is 6.92 Å². The van der Waals surface area contributed by atoms with Gasteiger partial charge in [-0.05, 0) is 6.54 Å². The van der Waals surface area contributed by atoms with Crippen molar-refractivity contribution in [3.63, 3.8) is 0 Å². The number of likely N-dealkylation sites (tertiary alicyclic amines) is 1. The lowest BCUT2D eigenvalue weighted by Gasteiger charge is -2.25. The molecule has 3 atom stereocenters. The summed E-state index contributed by atoms with van der Waals surface area (Å²) in [4.78, 5) is 24.7. The highest BCUT2D eigenvalue weighted by Crippen LogP contribution is 2.19. The van der Waals surface area contributed by atoms with Crippen molar-refractivity contribution in [2.24, 2.45) is 11.7 Å². The third-order valence-electron chi connectivity index (χ3n) is 3.01. The molecule has 6 heteroatoms. The highest BCUT2D eigenvalue weighted by Gasteiger charge is 2.38. The normalized spacial score (nSPS) is 25.9. The number of rotatable bonds is 5. The Morgan fingerprint density at radius 1 is 1.59 bits per heavy atom. The van der Waals surface area contributed by atoms with Crippen molar-refractivity contribution >= 4 is 11.8 Å². The van der Waals surface area contributed by atoms with Crippen LogP contribution < -0.4 is 11.1 Å². The summed E-state index contributed by atoms with van der Waals surface area (Å²) < 4.78 is 0. The molecule has 4 N–H and O–H groups in total. The number of nitrogens with two attached hydrogens (primary N) is 1. The van der Waals surface area contributed by atoms with Crippen LogP contribution >= 0.6 is 0 Å². The minimum atomic E-state index is -0.665. The first kappa shape index (κ1) is 13.9. The molecular weight excluding hydrogens is 222 g/mol. The van der Waals surface area contributed by atoms with Gasteiger partial charge >= 0.3 is 0 Å². The number of carbonyl (C=O) groups is 2. The molecular formula is C11H21N3O3. The lowest BCUT2D eigenvalue weighted by molar-refractivity contribution is -0.140. The van der Waals surface area contributed by atoms with Crippen LogP contribution in [0.1, 0.15) is 20.3 Å². The van der Waals surface area contributed by atoms with E-state index in [0.717, 1.165) is 6.54 Å². The molecule has 0 spiro atoms. The van der Waals surface area contributed by atoms with Crippen molar-refractivity contribution in [3.05, 3.63) is 0 Å². The topological polar surface area (TPSA) is 95.7 Å². The van der Waals surface area contributed by atoms with E-state index in [1.807, 2.05) is 6.92 Å². The molecule has 0 aliphatic carbocycles. The largest absolute Gasteiger partial charge is 0.391 e. The van der Waals surface area contributed by atoms with Crippen LogP contribution in [0.3, 0.4) is 0 Å². The summed E-state index contributed by atoms with van der Waals surface area (Å²) in [6.07, 6.45) is -0.405. The van der Waals surface area contributed by atoms with Gasteiger partial charge in [-0.3, -0.25) is 9.59 Å².